The van der Waals surface area contributed by atoms with E-state index in [1.54, 1.807) is 6.92 Å². The molecule has 0 aliphatic rings. The lowest BCUT2D eigenvalue weighted by Crippen LogP contribution is -2.15. The van der Waals surface area contributed by atoms with Crippen LogP contribution in [0.1, 0.15) is 6.92 Å². The van der Waals surface area contributed by atoms with Crippen LogP contribution in [0.15, 0.2) is 5.17 Å². The first kappa shape index (κ1) is 13.7. The summed E-state index contributed by atoms with van der Waals surface area (Å²) < 4.78 is 6.99. The predicted octanol–water partition coefficient (Wildman–Crippen LogP) is 3.63. The monoisotopic (exact) mass is 526 g/mol. The van der Waals surface area contributed by atoms with Gasteiger partial charge in [-0.25, -0.2) is 0 Å². The highest BCUT2D eigenvalue weighted by molar-refractivity contribution is 14.2. The van der Waals surface area contributed by atoms with Crippen molar-refractivity contribution >= 4 is 85.3 Å². The van der Waals surface area contributed by atoms with Crippen molar-refractivity contribution in [2.75, 3.05) is 6.61 Å². The van der Waals surface area contributed by atoms with Crippen LogP contribution in [0.25, 0.3) is 0 Å². The van der Waals surface area contributed by atoms with E-state index in [1.165, 1.54) is 0 Å². The van der Waals surface area contributed by atoms with Crippen molar-refractivity contribution in [1.29, 1.82) is 0 Å². The van der Waals surface area contributed by atoms with Crippen LogP contribution in [-0.4, -0.2) is 18.0 Å². The van der Waals surface area contributed by atoms with Gasteiger partial charge in [0.2, 0.25) is 0 Å². The maximum Gasteiger partial charge on any atom is 0.324 e. The van der Waals surface area contributed by atoms with E-state index in [2.05, 4.69) is 67.8 Å². The van der Waals surface area contributed by atoms with Gasteiger partial charge in [0.25, 0.3) is 0 Å². The summed E-state index contributed by atoms with van der Waals surface area (Å²) in [7, 11) is 0. The molecule has 0 amide bonds. The van der Waals surface area contributed by atoms with Crippen molar-refractivity contribution in [3.63, 3.8) is 0 Å². The molecule has 0 fully saturated rings. The molecule has 0 spiro atoms. The van der Waals surface area contributed by atoms with Crippen molar-refractivity contribution in [2.24, 2.45) is 0 Å². The molecule has 0 aliphatic heterocycles. The second kappa shape index (κ2) is 7.04. The topological polar surface area (TPSA) is 26.3 Å². The van der Waals surface area contributed by atoms with Gasteiger partial charge >= 0.3 is 5.97 Å². The van der Waals surface area contributed by atoms with Crippen molar-refractivity contribution in [3.8, 4) is 0 Å². The Morgan fingerprint density at radius 1 is 1.50 bits per heavy atom. The molecule has 0 radical (unpaired) electrons. The standard InChI is InChI=1S/C6H6ClI3O2/c1-3(7)6(11)12-2-4(8)5(9)10/h3H,2H2,1H3. The molecule has 0 saturated carbocycles. The molecule has 0 saturated heterocycles. The summed E-state index contributed by atoms with van der Waals surface area (Å²) in [6.45, 7) is 1.91. The highest BCUT2D eigenvalue weighted by Gasteiger charge is 2.10. The van der Waals surface area contributed by atoms with Gasteiger partial charge in [0.05, 0.1) is 1.59 Å². The Labute approximate surface area is 117 Å². The number of hydrogen-bond acceptors (Lipinski definition) is 2. The third-order valence-corrected chi connectivity index (χ3v) is 5.27. The minimum absolute atomic E-state index is 0.317. The maximum atomic E-state index is 10.9. The average molecular weight is 526 g/mol. The van der Waals surface area contributed by atoms with E-state index in [-0.39, 0.29) is 5.97 Å². The SMILES string of the molecule is CC(Cl)C(=O)OCC(I)=C(I)I. The first-order chi connectivity index (χ1) is 5.45. The minimum atomic E-state index is -0.568. The van der Waals surface area contributed by atoms with E-state index < -0.39 is 5.38 Å². The van der Waals surface area contributed by atoms with Crippen LogP contribution in [0.2, 0.25) is 0 Å². The van der Waals surface area contributed by atoms with Gasteiger partial charge in [0.1, 0.15) is 12.0 Å². The van der Waals surface area contributed by atoms with Crippen LogP contribution in [0.4, 0.5) is 0 Å². The fraction of sp³-hybridized carbons (Fsp3) is 0.500. The van der Waals surface area contributed by atoms with Gasteiger partial charge < -0.3 is 4.74 Å². The number of carbonyl (C=O) groups excluding carboxylic acids is 1. The lowest BCUT2D eigenvalue weighted by molar-refractivity contribution is -0.141. The van der Waals surface area contributed by atoms with E-state index in [9.17, 15) is 4.79 Å². The molecule has 0 rings (SSSR count). The Bertz CT molecular complexity index is 199. The summed E-state index contributed by atoms with van der Waals surface area (Å²) in [5.41, 5.74) is 0. The molecule has 0 aromatic heterocycles. The average Bonchev–Trinajstić information content (AvgIpc) is 1.98. The van der Waals surface area contributed by atoms with Crippen molar-refractivity contribution in [2.45, 2.75) is 12.3 Å². The zero-order chi connectivity index (χ0) is 9.72. The van der Waals surface area contributed by atoms with Crippen LogP contribution >= 0.6 is 79.4 Å². The maximum absolute atomic E-state index is 10.9. The predicted molar refractivity (Wildman–Crippen MR) is 75.4 cm³/mol. The molecule has 0 aromatic rings. The minimum Gasteiger partial charge on any atom is -0.459 e. The number of halogens is 4. The second-order valence-electron chi connectivity index (χ2n) is 1.89. The number of rotatable bonds is 3. The normalized spacial score (nSPS) is 12.1. The van der Waals surface area contributed by atoms with Crippen LogP contribution in [0.5, 0.6) is 0 Å². The summed E-state index contributed by atoms with van der Waals surface area (Å²) in [6.07, 6.45) is 0. The summed E-state index contributed by atoms with van der Waals surface area (Å²) in [5, 5.41) is -0.568. The van der Waals surface area contributed by atoms with Crippen molar-refractivity contribution in [3.05, 3.63) is 5.17 Å². The highest BCUT2D eigenvalue weighted by atomic mass is 127. The van der Waals surface area contributed by atoms with Gasteiger partial charge in [-0.2, -0.15) is 0 Å². The number of ether oxygens (including phenoxy) is 1. The first-order valence-electron chi connectivity index (χ1n) is 2.95. The van der Waals surface area contributed by atoms with Crippen LogP contribution < -0.4 is 0 Å². The van der Waals surface area contributed by atoms with E-state index in [4.69, 9.17) is 16.3 Å². The molecule has 0 N–H and O–H groups in total. The lowest BCUT2D eigenvalue weighted by Gasteiger charge is -2.04. The third-order valence-electron chi connectivity index (χ3n) is 0.871. The molecule has 2 nitrogen and oxygen atoms in total. The third kappa shape index (κ3) is 6.19. The van der Waals surface area contributed by atoms with Crippen molar-refractivity contribution in [1.82, 2.24) is 0 Å². The molecule has 0 aliphatic carbocycles. The summed E-state index contributed by atoms with van der Waals surface area (Å²) in [5.74, 6) is -0.375. The van der Waals surface area contributed by atoms with Crippen molar-refractivity contribution < 1.29 is 9.53 Å². The Morgan fingerprint density at radius 2 is 2.00 bits per heavy atom. The molecule has 0 aromatic carbocycles. The fourth-order valence-electron chi connectivity index (χ4n) is 0.304. The summed E-state index contributed by atoms with van der Waals surface area (Å²) in [6, 6.07) is 0. The van der Waals surface area contributed by atoms with E-state index in [0.717, 1.165) is 5.17 Å². The molecular weight excluding hydrogens is 520 g/mol. The van der Waals surface area contributed by atoms with Gasteiger partial charge in [0.15, 0.2) is 0 Å². The highest BCUT2D eigenvalue weighted by Crippen LogP contribution is 2.25. The molecule has 70 valence electrons. The summed E-state index contributed by atoms with van der Waals surface area (Å²) >= 11 is 12.0. The van der Waals surface area contributed by atoms with Crippen LogP contribution in [0.3, 0.4) is 0 Å². The Balaban J connectivity index is 3.85. The Kier molecular flexibility index (Phi) is 8.04. The molecule has 0 heterocycles. The first-order valence-corrected chi connectivity index (χ1v) is 6.62. The second-order valence-corrected chi connectivity index (χ2v) is 8.07. The number of alkyl halides is 1. The zero-order valence-electron chi connectivity index (χ0n) is 6.11. The zero-order valence-corrected chi connectivity index (χ0v) is 13.3. The smallest absolute Gasteiger partial charge is 0.324 e. The quantitative estimate of drug-likeness (QED) is 0.319. The molecule has 0 bridgehead atoms. The molecular formula is C6H6ClI3O2. The van der Waals surface area contributed by atoms with E-state index >= 15 is 0 Å². The van der Waals surface area contributed by atoms with Gasteiger partial charge in [-0.15, -0.1) is 11.6 Å². The molecule has 1 atom stereocenters. The van der Waals surface area contributed by atoms with Gasteiger partial charge in [0, 0.05) is 3.58 Å². The van der Waals surface area contributed by atoms with Gasteiger partial charge in [-0.05, 0) is 74.7 Å². The van der Waals surface area contributed by atoms with E-state index in [0.29, 0.717) is 6.61 Å². The van der Waals surface area contributed by atoms with Crippen LogP contribution in [-0.2, 0) is 9.53 Å². The van der Waals surface area contributed by atoms with Gasteiger partial charge in [-0.3, -0.25) is 4.79 Å². The summed E-state index contributed by atoms with van der Waals surface area (Å²) in [4.78, 5) is 10.9. The van der Waals surface area contributed by atoms with Crippen LogP contribution in [0, 0.1) is 0 Å². The molecule has 6 heteroatoms. The lowest BCUT2D eigenvalue weighted by atomic mass is 10.5. The number of carbonyl (C=O) groups is 1. The van der Waals surface area contributed by atoms with E-state index in [1.807, 2.05) is 0 Å². The number of esters is 1. The largest absolute Gasteiger partial charge is 0.459 e. The Morgan fingerprint density at radius 3 is 2.33 bits per heavy atom. The fourth-order valence-corrected chi connectivity index (χ4v) is 0.834. The number of hydrogen-bond donors (Lipinski definition) is 0. The molecule has 1 unspecified atom stereocenters. The molecule has 12 heavy (non-hydrogen) atoms. The Hall–Kier alpha value is 1.69. The van der Waals surface area contributed by atoms with Gasteiger partial charge in [-0.1, -0.05) is 0 Å².